The van der Waals surface area contributed by atoms with Crippen molar-refractivity contribution < 1.29 is 0 Å². The largest absolute Gasteiger partial charge is 0.306 e. The second-order valence-electron chi connectivity index (χ2n) is 3.97. The van der Waals surface area contributed by atoms with Crippen LogP contribution in [0.2, 0.25) is 5.02 Å². The molecule has 3 heteroatoms. The molecule has 0 aliphatic rings. The molecule has 1 heterocycles. The Morgan fingerprint density at radius 1 is 1.24 bits per heavy atom. The van der Waals surface area contributed by atoms with E-state index in [1.807, 2.05) is 12.1 Å². The van der Waals surface area contributed by atoms with Crippen molar-refractivity contribution >= 4 is 22.9 Å². The van der Waals surface area contributed by atoms with E-state index in [0.717, 1.165) is 11.6 Å². The lowest BCUT2D eigenvalue weighted by Crippen LogP contribution is -2.22. The van der Waals surface area contributed by atoms with Crippen molar-refractivity contribution in [2.24, 2.45) is 0 Å². The summed E-state index contributed by atoms with van der Waals surface area (Å²) in [5.74, 6) is 0. The van der Waals surface area contributed by atoms with Gasteiger partial charge in [0.1, 0.15) is 0 Å². The molecule has 0 spiro atoms. The number of benzene rings is 1. The molecule has 1 aromatic heterocycles. The molecule has 0 radical (unpaired) electrons. The summed E-state index contributed by atoms with van der Waals surface area (Å²) in [6, 6.07) is 10.5. The van der Waals surface area contributed by atoms with Gasteiger partial charge in [0.15, 0.2) is 0 Å². The molecule has 2 rings (SSSR count). The predicted molar refractivity (Wildman–Crippen MR) is 76.0 cm³/mol. The van der Waals surface area contributed by atoms with Crippen LogP contribution >= 0.6 is 22.9 Å². The first-order valence-corrected chi connectivity index (χ1v) is 7.01. The van der Waals surface area contributed by atoms with Crippen molar-refractivity contribution in [3.05, 3.63) is 56.7 Å². The molecule has 1 unspecified atom stereocenters. The molecule has 0 bridgehead atoms. The van der Waals surface area contributed by atoms with Gasteiger partial charge in [0, 0.05) is 9.90 Å². The van der Waals surface area contributed by atoms with E-state index in [1.165, 1.54) is 16.0 Å². The highest BCUT2D eigenvalue weighted by Crippen LogP contribution is 2.28. The number of hydrogen-bond acceptors (Lipinski definition) is 2. The Bertz CT molecular complexity index is 475. The smallest absolute Gasteiger partial charge is 0.0587 e. The summed E-state index contributed by atoms with van der Waals surface area (Å²) in [7, 11) is 0. The number of rotatable bonds is 4. The van der Waals surface area contributed by atoms with Crippen LogP contribution in [0.3, 0.4) is 0 Å². The SMILES string of the molecule is CCNC(c1ccc(Cl)cc1)c1ccsc1C. The lowest BCUT2D eigenvalue weighted by molar-refractivity contribution is 0.630. The van der Waals surface area contributed by atoms with Crippen LogP contribution < -0.4 is 5.32 Å². The van der Waals surface area contributed by atoms with Crippen molar-refractivity contribution in [1.29, 1.82) is 0 Å². The van der Waals surface area contributed by atoms with Crippen molar-refractivity contribution in [2.45, 2.75) is 19.9 Å². The van der Waals surface area contributed by atoms with Crippen molar-refractivity contribution in [2.75, 3.05) is 6.54 Å². The van der Waals surface area contributed by atoms with Crippen molar-refractivity contribution in [3.63, 3.8) is 0 Å². The minimum absolute atomic E-state index is 0.267. The van der Waals surface area contributed by atoms with Gasteiger partial charge in [0.2, 0.25) is 0 Å². The maximum absolute atomic E-state index is 5.93. The average Bonchev–Trinajstić information content (AvgIpc) is 2.74. The molecule has 0 fully saturated rings. The second-order valence-corrected chi connectivity index (χ2v) is 5.53. The molecule has 0 aliphatic heterocycles. The van der Waals surface area contributed by atoms with Crippen molar-refractivity contribution in [1.82, 2.24) is 5.32 Å². The molecule has 1 nitrogen and oxygen atoms in total. The van der Waals surface area contributed by atoms with Gasteiger partial charge in [-0.25, -0.2) is 0 Å². The summed E-state index contributed by atoms with van der Waals surface area (Å²) in [6.07, 6.45) is 0. The molecule has 2 aromatic rings. The van der Waals surface area contributed by atoms with Crippen LogP contribution in [0.1, 0.15) is 29.0 Å². The van der Waals surface area contributed by atoms with Crippen LogP contribution in [0.5, 0.6) is 0 Å². The Kier molecular flexibility index (Phi) is 4.21. The molecule has 0 aliphatic carbocycles. The van der Waals surface area contributed by atoms with Gasteiger partial charge < -0.3 is 5.32 Å². The molecule has 0 amide bonds. The zero-order chi connectivity index (χ0) is 12.3. The van der Waals surface area contributed by atoms with Gasteiger partial charge in [-0.1, -0.05) is 30.7 Å². The van der Waals surface area contributed by atoms with Gasteiger partial charge in [0.05, 0.1) is 6.04 Å². The number of hydrogen-bond donors (Lipinski definition) is 1. The average molecular weight is 266 g/mol. The molecular formula is C14H16ClNS. The number of halogens is 1. The lowest BCUT2D eigenvalue weighted by atomic mass is 9.99. The topological polar surface area (TPSA) is 12.0 Å². The maximum atomic E-state index is 5.93. The molecule has 1 atom stereocenters. The van der Waals surface area contributed by atoms with E-state index in [2.05, 4.69) is 42.7 Å². The van der Waals surface area contributed by atoms with E-state index in [4.69, 9.17) is 11.6 Å². The number of aryl methyl sites for hydroxylation is 1. The highest BCUT2D eigenvalue weighted by Gasteiger charge is 2.15. The molecule has 17 heavy (non-hydrogen) atoms. The fourth-order valence-corrected chi connectivity index (χ4v) is 2.83. The molecule has 90 valence electrons. The first kappa shape index (κ1) is 12.6. The van der Waals surface area contributed by atoms with E-state index in [9.17, 15) is 0 Å². The Hall–Kier alpha value is -0.830. The molecule has 0 saturated carbocycles. The number of nitrogens with one attached hydrogen (secondary N) is 1. The summed E-state index contributed by atoms with van der Waals surface area (Å²) in [4.78, 5) is 1.37. The van der Waals surface area contributed by atoms with Gasteiger partial charge in [-0.2, -0.15) is 0 Å². The minimum Gasteiger partial charge on any atom is -0.306 e. The van der Waals surface area contributed by atoms with Crippen molar-refractivity contribution in [3.8, 4) is 0 Å². The third-order valence-electron chi connectivity index (χ3n) is 2.82. The molecular weight excluding hydrogens is 250 g/mol. The van der Waals surface area contributed by atoms with Gasteiger partial charge >= 0.3 is 0 Å². The van der Waals surface area contributed by atoms with Crippen LogP contribution in [0.25, 0.3) is 0 Å². The standard InChI is InChI=1S/C14H16ClNS/c1-3-16-14(13-8-9-17-10(13)2)11-4-6-12(15)7-5-11/h4-9,14,16H,3H2,1-2H3. The Balaban J connectivity index is 2.35. The normalized spacial score (nSPS) is 12.6. The first-order valence-electron chi connectivity index (χ1n) is 5.75. The quantitative estimate of drug-likeness (QED) is 0.864. The predicted octanol–water partition coefficient (Wildman–Crippen LogP) is 4.41. The van der Waals surface area contributed by atoms with E-state index in [1.54, 1.807) is 11.3 Å². The molecule has 1 aromatic carbocycles. The molecule has 0 saturated heterocycles. The minimum atomic E-state index is 0.267. The zero-order valence-corrected chi connectivity index (χ0v) is 11.6. The second kappa shape index (κ2) is 5.67. The Labute approximate surface area is 111 Å². The lowest BCUT2D eigenvalue weighted by Gasteiger charge is -2.18. The summed E-state index contributed by atoms with van der Waals surface area (Å²) >= 11 is 7.72. The van der Waals surface area contributed by atoms with Crippen LogP contribution in [0.4, 0.5) is 0 Å². The van der Waals surface area contributed by atoms with Crippen LogP contribution in [-0.4, -0.2) is 6.54 Å². The Morgan fingerprint density at radius 2 is 1.94 bits per heavy atom. The monoisotopic (exact) mass is 265 g/mol. The fraction of sp³-hybridized carbons (Fsp3) is 0.286. The highest BCUT2D eigenvalue weighted by molar-refractivity contribution is 7.10. The maximum Gasteiger partial charge on any atom is 0.0587 e. The van der Waals surface area contributed by atoms with Crippen LogP contribution in [-0.2, 0) is 0 Å². The zero-order valence-electron chi connectivity index (χ0n) is 10.0. The van der Waals surface area contributed by atoms with Gasteiger partial charge in [-0.05, 0) is 48.2 Å². The van der Waals surface area contributed by atoms with E-state index < -0.39 is 0 Å². The van der Waals surface area contributed by atoms with E-state index in [-0.39, 0.29) is 6.04 Å². The Morgan fingerprint density at radius 3 is 2.47 bits per heavy atom. The summed E-state index contributed by atoms with van der Waals surface area (Å²) in [5, 5.41) is 6.45. The summed E-state index contributed by atoms with van der Waals surface area (Å²) < 4.78 is 0. The first-order chi connectivity index (χ1) is 8.22. The molecule has 1 N–H and O–H groups in total. The van der Waals surface area contributed by atoms with Gasteiger partial charge in [-0.3, -0.25) is 0 Å². The van der Waals surface area contributed by atoms with Gasteiger partial charge in [-0.15, -0.1) is 11.3 Å². The van der Waals surface area contributed by atoms with Gasteiger partial charge in [0.25, 0.3) is 0 Å². The third-order valence-corrected chi connectivity index (χ3v) is 3.93. The third kappa shape index (κ3) is 2.89. The number of thiophene rings is 1. The van der Waals surface area contributed by atoms with Crippen LogP contribution in [0.15, 0.2) is 35.7 Å². The van der Waals surface area contributed by atoms with Crippen LogP contribution in [0, 0.1) is 6.92 Å². The summed E-state index contributed by atoms with van der Waals surface area (Å²) in [5.41, 5.74) is 2.62. The summed E-state index contributed by atoms with van der Waals surface area (Å²) in [6.45, 7) is 5.24. The van der Waals surface area contributed by atoms with E-state index in [0.29, 0.717) is 0 Å². The highest BCUT2D eigenvalue weighted by atomic mass is 35.5. The van der Waals surface area contributed by atoms with E-state index >= 15 is 0 Å². The fourth-order valence-electron chi connectivity index (χ4n) is 1.96.